The van der Waals surface area contributed by atoms with Crippen LogP contribution in [0.25, 0.3) is 0 Å². The van der Waals surface area contributed by atoms with Gasteiger partial charge in [-0.1, -0.05) is 51.4 Å². The van der Waals surface area contributed by atoms with E-state index >= 15 is 0 Å². The van der Waals surface area contributed by atoms with Crippen LogP contribution in [0.2, 0.25) is 0 Å². The van der Waals surface area contributed by atoms with E-state index in [2.05, 4.69) is 0 Å². The molecule has 4 N–H and O–H groups in total. The number of piperidine rings is 1. The molecule has 3 aliphatic rings. The Morgan fingerprint density at radius 3 is 1.39 bits per heavy atom. The molecule has 0 spiro atoms. The number of carboxylic acid groups (broad SMARTS) is 2. The first-order valence-electron chi connectivity index (χ1n) is 15.2. The van der Waals surface area contributed by atoms with Crippen molar-refractivity contribution in [3.63, 3.8) is 0 Å². The van der Waals surface area contributed by atoms with E-state index in [4.69, 9.17) is 11.5 Å². The molecule has 0 aromatic heterocycles. The number of nitrogens with two attached hydrogens (primary N) is 2. The summed E-state index contributed by atoms with van der Waals surface area (Å²) < 4.78 is 0. The number of nitrogens with zero attached hydrogens (tertiary/aromatic N) is 2. The van der Waals surface area contributed by atoms with Crippen molar-refractivity contribution in [2.24, 2.45) is 16.9 Å². The third-order valence-electron chi connectivity index (χ3n) is 8.52. The summed E-state index contributed by atoms with van der Waals surface area (Å²) in [6.07, 6.45) is 13.8. The molecule has 0 aromatic rings. The van der Waals surface area contributed by atoms with Crippen molar-refractivity contribution in [3.05, 3.63) is 0 Å². The zero-order chi connectivity index (χ0) is 29.4. The van der Waals surface area contributed by atoms with Gasteiger partial charge in [0.25, 0.3) is 0 Å². The summed E-state index contributed by atoms with van der Waals surface area (Å²) in [6.45, 7) is 2.01. The first kappa shape index (κ1) is 37.9. The van der Waals surface area contributed by atoms with Crippen molar-refractivity contribution >= 4 is 35.5 Å². The molecule has 2 atom stereocenters. The summed E-state index contributed by atoms with van der Waals surface area (Å²) in [6, 6.07) is 0.562. The zero-order valence-electron chi connectivity index (χ0n) is 24.4. The van der Waals surface area contributed by atoms with Gasteiger partial charge in [-0.2, -0.15) is 11.8 Å². The predicted molar refractivity (Wildman–Crippen MR) is 153 cm³/mol. The Morgan fingerprint density at radius 2 is 1.02 bits per heavy atom. The number of hydrogen-bond donors (Lipinski definition) is 2. The maximum Gasteiger partial charge on any atom is 2.00 e. The van der Waals surface area contributed by atoms with E-state index in [0.29, 0.717) is 18.7 Å². The van der Waals surface area contributed by atoms with Gasteiger partial charge in [0.1, 0.15) is 0 Å². The molecule has 2 aliphatic heterocycles. The van der Waals surface area contributed by atoms with E-state index in [9.17, 15) is 29.4 Å². The van der Waals surface area contributed by atoms with Gasteiger partial charge in [-0.25, -0.2) is 0 Å². The van der Waals surface area contributed by atoms with Gasteiger partial charge in [0.15, 0.2) is 0 Å². The van der Waals surface area contributed by atoms with Crippen molar-refractivity contribution in [1.82, 2.24) is 9.80 Å². The van der Waals surface area contributed by atoms with Crippen LogP contribution >= 0.6 is 11.8 Å². The molecule has 3 fully saturated rings. The summed E-state index contributed by atoms with van der Waals surface area (Å²) in [5, 5.41) is 22.4. The Morgan fingerprint density at radius 1 is 0.659 bits per heavy atom. The summed E-state index contributed by atoms with van der Waals surface area (Å²) in [5.41, 5.74) is 9.33. The van der Waals surface area contributed by atoms with Gasteiger partial charge >= 0.3 is 21.1 Å². The normalized spacial score (nSPS) is 22.1. The van der Waals surface area contributed by atoms with E-state index in [0.717, 1.165) is 88.8 Å². The monoisotopic (exact) mass is 777 g/mol. The molecule has 2 heterocycles. The van der Waals surface area contributed by atoms with Gasteiger partial charge in [0.05, 0.1) is 17.4 Å². The van der Waals surface area contributed by atoms with Crippen LogP contribution in [0.15, 0.2) is 0 Å². The van der Waals surface area contributed by atoms with Crippen LogP contribution in [0.5, 0.6) is 0 Å². The van der Waals surface area contributed by atoms with E-state index in [1.807, 2.05) is 16.7 Å². The Balaban J connectivity index is 0.000000801. The second-order valence-corrected chi connectivity index (χ2v) is 12.7. The van der Waals surface area contributed by atoms with Gasteiger partial charge < -0.3 is 41.1 Å². The standard InChI is InChI=1S/C23H38N2O6S.C6H14N2.Pt/c26-19(24-13-11-23(12-14-24,21(28)29)22(30)31)9-7-5-3-1-2-4-6-8-10-20(27)25-15-17-32-18-16-25;7-5-3-1-2-4-6(5)8;/h1-18H2,(H,28,29)(H,30,31);5-6H,1-4,7-8H2;/q;;+2/p-2/t;5-,6-;/m.1./s1. The molecule has 1 aliphatic carbocycles. The van der Waals surface area contributed by atoms with Crippen molar-refractivity contribution in [2.45, 2.75) is 115 Å². The van der Waals surface area contributed by atoms with Gasteiger partial charge in [0.2, 0.25) is 11.8 Å². The van der Waals surface area contributed by atoms with Crippen LogP contribution in [0, 0.1) is 5.41 Å². The summed E-state index contributed by atoms with van der Waals surface area (Å²) in [7, 11) is 0. The summed E-state index contributed by atoms with van der Waals surface area (Å²) in [4.78, 5) is 50.3. The number of carbonyl (C=O) groups excluding carboxylic acids is 4. The molecular weight excluding hydrogens is 727 g/mol. The maximum atomic E-state index is 12.3. The zero-order valence-corrected chi connectivity index (χ0v) is 27.5. The van der Waals surface area contributed by atoms with Crippen LogP contribution in [-0.2, 0) is 40.2 Å². The molecule has 10 nitrogen and oxygen atoms in total. The van der Waals surface area contributed by atoms with Crippen molar-refractivity contribution in [1.29, 1.82) is 0 Å². The average Bonchev–Trinajstić information content (AvgIpc) is 2.96. The van der Waals surface area contributed by atoms with Crippen LogP contribution in [0.4, 0.5) is 0 Å². The third-order valence-corrected chi connectivity index (χ3v) is 9.46. The summed E-state index contributed by atoms with van der Waals surface area (Å²) >= 11 is 1.91. The molecule has 238 valence electrons. The second-order valence-electron chi connectivity index (χ2n) is 11.5. The molecule has 0 bridgehead atoms. The van der Waals surface area contributed by atoms with Crippen LogP contribution in [0.3, 0.4) is 0 Å². The minimum absolute atomic E-state index is 0. The average molecular weight is 778 g/mol. The van der Waals surface area contributed by atoms with Crippen molar-refractivity contribution in [3.8, 4) is 0 Å². The molecule has 3 rings (SSSR count). The Bertz CT molecular complexity index is 780. The summed E-state index contributed by atoms with van der Waals surface area (Å²) in [5.74, 6) is -0.891. The number of hydrogen-bond acceptors (Lipinski definition) is 9. The molecule has 0 unspecified atom stereocenters. The minimum atomic E-state index is -1.98. The minimum Gasteiger partial charge on any atom is -0.549 e. The molecule has 12 heteroatoms. The maximum absolute atomic E-state index is 12.3. The number of rotatable bonds is 13. The van der Waals surface area contributed by atoms with Crippen LogP contribution in [0.1, 0.15) is 103 Å². The number of amides is 2. The van der Waals surface area contributed by atoms with Gasteiger partial charge in [-0.3, -0.25) is 9.59 Å². The number of unbranched alkanes of at least 4 members (excludes halogenated alkanes) is 7. The first-order chi connectivity index (χ1) is 19.2. The topological polar surface area (TPSA) is 173 Å². The van der Waals surface area contributed by atoms with Gasteiger partial charge in [-0.15, -0.1) is 0 Å². The van der Waals surface area contributed by atoms with Crippen LogP contribution < -0.4 is 21.7 Å². The molecule has 0 aromatic carbocycles. The van der Waals surface area contributed by atoms with E-state index < -0.39 is 17.4 Å². The number of aliphatic carboxylic acids is 2. The van der Waals surface area contributed by atoms with E-state index in [-0.39, 0.29) is 65.0 Å². The largest absolute Gasteiger partial charge is 2.00 e. The second kappa shape index (κ2) is 20.7. The van der Waals surface area contributed by atoms with Crippen LogP contribution in [-0.4, -0.2) is 83.3 Å². The van der Waals surface area contributed by atoms with Crippen molar-refractivity contribution < 1.29 is 50.5 Å². The first-order valence-corrected chi connectivity index (χ1v) is 16.4. The number of carbonyl (C=O) groups is 4. The molecule has 0 radical (unpaired) electrons. The number of likely N-dealkylation sites (tertiary alicyclic amines) is 1. The predicted octanol–water partition coefficient (Wildman–Crippen LogP) is 0.784. The number of carboxylic acids is 2. The number of thioether (sulfide) groups is 1. The Hall–Kier alpha value is -1.16. The molecule has 2 saturated heterocycles. The quantitative estimate of drug-likeness (QED) is 0.203. The molecule has 2 amide bonds. The van der Waals surface area contributed by atoms with Gasteiger partial charge in [0, 0.05) is 62.6 Å². The molecular formula is C29H50N4O6PtS. The van der Waals surface area contributed by atoms with Crippen molar-refractivity contribution in [2.75, 3.05) is 37.7 Å². The van der Waals surface area contributed by atoms with E-state index in [1.54, 1.807) is 4.90 Å². The third kappa shape index (κ3) is 13.3. The SMILES string of the molecule is N[C@@H]1CCCC[C@H]1N.O=C(CCCCCCCCCCC(=O)N1CCC(C(=O)[O-])(C(=O)[O-])CC1)N1CCSCC1.[Pt+2]. The smallest absolute Gasteiger partial charge is 0.549 e. The fourth-order valence-electron chi connectivity index (χ4n) is 5.56. The molecule has 1 saturated carbocycles. The fraction of sp³-hybridized carbons (Fsp3) is 0.862. The Kier molecular flexibility index (Phi) is 19.1. The Labute approximate surface area is 264 Å². The molecule has 41 heavy (non-hydrogen) atoms. The van der Waals surface area contributed by atoms with E-state index in [1.165, 1.54) is 12.8 Å². The van der Waals surface area contributed by atoms with Gasteiger partial charge in [-0.05, 0) is 38.5 Å². The fourth-order valence-corrected chi connectivity index (χ4v) is 6.46.